The maximum Gasteiger partial charge on any atom is 0.163 e. The van der Waals surface area contributed by atoms with E-state index in [1.165, 1.54) is 0 Å². The highest BCUT2D eigenvalue weighted by atomic mass is 16.8. The zero-order valence-electron chi connectivity index (χ0n) is 11.8. The Labute approximate surface area is 113 Å². The van der Waals surface area contributed by atoms with Crippen molar-refractivity contribution in [3.05, 3.63) is 0 Å². The summed E-state index contributed by atoms with van der Waals surface area (Å²) in [6.45, 7) is 7.48. The Bertz CT molecular complexity index is 340. The predicted octanol–water partition coefficient (Wildman–Crippen LogP) is 0.608. The van der Waals surface area contributed by atoms with Gasteiger partial charge in [0.05, 0.1) is 12.7 Å². The lowest BCUT2D eigenvalue weighted by Crippen LogP contribution is -2.58. The maximum atomic E-state index is 10.7. The van der Waals surface area contributed by atoms with Crippen molar-refractivity contribution in [2.24, 2.45) is 0 Å². The summed E-state index contributed by atoms with van der Waals surface area (Å²) in [5.74, 6) is -1.55. The van der Waals surface area contributed by atoms with Crippen LogP contribution in [0, 0.1) is 0 Å². The van der Waals surface area contributed by atoms with Crippen molar-refractivity contribution in [2.45, 2.75) is 70.1 Å². The fourth-order valence-corrected chi connectivity index (χ4v) is 2.53. The Morgan fingerprint density at radius 3 is 2.37 bits per heavy atom. The summed E-state index contributed by atoms with van der Waals surface area (Å²) in [5, 5.41) is 10.3. The summed E-state index contributed by atoms with van der Waals surface area (Å²) in [7, 11) is 0. The van der Waals surface area contributed by atoms with E-state index < -0.39 is 29.9 Å². The molecule has 0 aliphatic carbocycles. The van der Waals surface area contributed by atoms with Crippen LogP contribution in [0.2, 0.25) is 0 Å². The molecule has 2 fully saturated rings. The van der Waals surface area contributed by atoms with Crippen molar-refractivity contribution in [1.29, 1.82) is 0 Å². The van der Waals surface area contributed by atoms with E-state index in [4.69, 9.17) is 18.9 Å². The summed E-state index contributed by atoms with van der Waals surface area (Å²) < 4.78 is 22.5. The standard InChI is InChI=1S/C13H22O6/c1-12(2)16-7-9(18-12)11-10(15)8(5-6-14)17-13(3,4)19-11/h6,8-11,15H,5,7H2,1-4H3/t8-,9-,10?,11-/m1/s1. The third-order valence-corrected chi connectivity index (χ3v) is 3.30. The van der Waals surface area contributed by atoms with Crippen LogP contribution in [0.1, 0.15) is 34.1 Å². The molecule has 4 atom stereocenters. The highest BCUT2D eigenvalue weighted by molar-refractivity contribution is 5.50. The third kappa shape index (κ3) is 3.32. The molecule has 2 rings (SSSR count). The lowest BCUT2D eigenvalue weighted by Gasteiger charge is -2.45. The number of hydrogen-bond acceptors (Lipinski definition) is 6. The van der Waals surface area contributed by atoms with Crippen molar-refractivity contribution in [3.63, 3.8) is 0 Å². The molecule has 1 unspecified atom stereocenters. The van der Waals surface area contributed by atoms with Crippen LogP contribution in [-0.2, 0) is 23.7 Å². The number of carbonyl (C=O) groups excluding carboxylic acids is 1. The first-order valence-corrected chi connectivity index (χ1v) is 6.53. The van der Waals surface area contributed by atoms with E-state index in [9.17, 15) is 9.90 Å². The maximum absolute atomic E-state index is 10.7. The topological polar surface area (TPSA) is 74.2 Å². The zero-order chi connectivity index (χ0) is 14.3. The van der Waals surface area contributed by atoms with Crippen LogP contribution in [0.4, 0.5) is 0 Å². The first kappa shape index (κ1) is 14.9. The van der Waals surface area contributed by atoms with Gasteiger partial charge in [-0.05, 0) is 27.7 Å². The molecule has 6 heteroatoms. The summed E-state index contributed by atoms with van der Waals surface area (Å²) in [4.78, 5) is 10.7. The number of rotatable bonds is 3. The van der Waals surface area contributed by atoms with Gasteiger partial charge in [-0.15, -0.1) is 0 Å². The van der Waals surface area contributed by atoms with E-state index >= 15 is 0 Å². The van der Waals surface area contributed by atoms with Gasteiger partial charge in [-0.2, -0.15) is 0 Å². The zero-order valence-corrected chi connectivity index (χ0v) is 11.8. The molecular formula is C13H22O6. The van der Waals surface area contributed by atoms with Crippen LogP contribution in [0.3, 0.4) is 0 Å². The van der Waals surface area contributed by atoms with E-state index in [0.29, 0.717) is 6.61 Å². The van der Waals surface area contributed by atoms with Crippen molar-refractivity contribution >= 4 is 6.29 Å². The molecule has 0 amide bonds. The van der Waals surface area contributed by atoms with Crippen LogP contribution in [-0.4, -0.2) is 54.0 Å². The van der Waals surface area contributed by atoms with Gasteiger partial charge >= 0.3 is 0 Å². The average molecular weight is 274 g/mol. The second-order valence-corrected chi connectivity index (χ2v) is 5.90. The lowest BCUT2D eigenvalue weighted by molar-refractivity contribution is -0.345. The molecule has 19 heavy (non-hydrogen) atoms. The van der Waals surface area contributed by atoms with E-state index in [1.807, 2.05) is 13.8 Å². The molecule has 0 aromatic rings. The molecule has 0 bridgehead atoms. The van der Waals surface area contributed by atoms with Gasteiger partial charge in [0.1, 0.15) is 24.6 Å². The second-order valence-electron chi connectivity index (χ2n) is 5.90. The van der Waals surface area contributed by atoms with E-state index in [2.05, 4.69) is 0 Å². The molecule has 6 nitrogen and oxygen atoms in total. The van der Waals surface area contributed by atoms with E-state index in [1.54, 1.807) is 13.8 Å². The summed E-state index contributed by atoms with van der Waals surface area (Å²) >= 11 is 0. The van der Waals surface area contributed by atoms with Crippen LogP contribution in [0.25, 0.3) is 0 Å². The first-order valence-electron chi connectivity index (χ1n) is 6.53. The van der Waals surface area contributed by atoms with E-state index in [-0.39, 0.29) is 12.5 Å². The minimum Gasteiger partial charge on any atom is -0.388 e. The summed E-state index contributed by atoms with van der Waals surface area (Å²) in [5.41, 5.74) is 0. The molecule has 2 heterocycles. The molecule has 0 radical (unpaired) electrons. The Kier molecular flexibility index (Phi) is 3.99. The number of carbonyl (C=O) groups is 1. The Morgan fingerprint density at radius 2 is 1.84 bits per heavy atom. The number of hydrogen-bond donors (Lipinski definition) is 1. The van der Waals surface area contributed by atoms with Gasteiger partial charge in [-0.25, -0.2) is 0 Å². The van der Waals surface area contributed by atoms with Gasteiger partial charge in [-0.1, -0.05) is 0 Å². The van der Waals surface area contributed by atoms with E-state index in [0.717, 1.165) is 6.29 Å². The molecule has 0 saturated carbocycles. The molecule has 0 spiro atoms. The van der Waals surface area contributed by atoms with Crippen LogP contribution in [0.15, 0.2) is 0 Å². The lowest BCUT2D eigenvalue weighted by atomic mass is 9.98. The minimum atomic E-state index is -0.916. The van der Waals surface area contributed by atoms with Crippen molar-refractivity contribution in [3.8, 4) is 0 Å². The summed E-state index contributed by atoms with van der Waals surface area (Å²) in [6.07, 6.45) is -1.58. The fraction of sp³-hybridized carbons (Fsp3) is 0.923. The fourth-order valence-electron chi connectivity index (χ4n) is 2.53. The van der Waals surface area contributed by atoms with Crippen molar-refractivity contribution < 1.29 is 28.8 Å². The second kappa shape index (κ2) is 5.10. The molecule has 1 N–H and O–H groups in total. The van der Waals surface area contributed by atoms with Gasteiger partial charge in [0.2, 0.25) is 0 Å². The van der Waals surface area contributed by atoms with Gasteiger partial charge < -0.3 is 28.8 Å². The number of aldehydes is 1. The van der Waals surface area contributed by atoms with Gasteiger partial charge in [0.25, 0.3) is 0 Å². The molecule has 0 aromatic heterocycles. The minimum absolute atomic E-state index is 0.126. The average Bonchev–Trinajstić information content (AvgIpc) is 2.64. The smallest absolute Gasteiger partial charge is 0.163 e. The SMILES string of the molecule is CC1(C)OC[C@H]([C@H]2OC(C)(C)O[C@H](CC=O)C2O)O1. The number of ether oxygens (including phenoxy) is 4. The van der Waals surface area contributed by atoms with Crippen LogP contribution < -0.4 is 0 Å². The third-order valence-electron chi connectivity index (χ3n) is 3.30. The molecule has 0 aromatic carbocycles. The van der Waals surface area contributed by atoms with Gasteiger partial charge in [0, 0.05) is 6.42 Å². The molecule has 2 aliphatic heterocycles. The largest absolute Gasteiger partial charge is 0.388 e. The predicted molar refractivity (Wildman–Crippen MR) is 65.4 cm³/mol. The van der Waals surface area contributed by atoms with Crippen molar-refractivity contribution in [2.75, 3.05) is 6.61 Å². The van der Waals surface area contributed by atoms with Gasteiger partial charge in [0.15, 0.2) is 11.6 Å². The van der Waals surface area contributed by atoms with Crippen molar-refractivity contribution in [1.82, 2.24) is 0 Å². The van der Waals surface area contributed by atoms with Crippen LogP contribution >= 0.6 is 0 Å². The molecular weight excluding hydrogens is 252 g/mol. The number of aliphatic hydroxyl groups excluding tert-OH is 1. The monoisotopic (exact) mass is 274 g/mol. The first-order chi connectivity index (χ1) is 8.74. The van der Waals surface area contributed by atoms with Crippen LogP contribution in [0.5, 0.6) is 0 Å². The number of aliphatic hydroxyl groups is 1. The van der Waals surface area contributed by atoms with Gasteiger partial charge in [-0.3, -0.25) is 0 Å². The quantitative estimate of drug-likeness (QED) is 0.760. The Balaban J connectivity index is 2.12. The molecule has 2 saturated heterocycles. The normalized spacial score (nSPS) is 41.1. The highest BCUT2D eigenvalue weighted by Crippen LogP contribution is 2.34. The molecule has 110 valence electrons. The highest BCUT2D eigenvalue weighted by Gasteiger charge is 2.49. The summed E-state index contributed by atoms with van der Waals surface area (Å²) in [6, 6.07) is 0. The Morgan fingerprint density at radius 1 is 1.16 bits per heavy atom. The Hall–Kier alpha value is -0.530. The molecule has 2 aliphatic rings.